The largest absolute Gasteiger partial charge is 0.497 e. The van der Waals surface area contributed by atoms with Crippen LogP contribution in [0.1, 0.15) is 27.6 Å². The number of nitrogens with one attached hydrogen (secondary N) is 1. The molecule has 0 aliphatic rings. The lowest BCUT2D eigenvalue weighted by molar-refractivity contribution is 0.100. The third-order valence-electron chi connectivity index (χ3n) is 4.25. The number of ether oxygens (including phenoxy) is 1. The second kappa shape index (κ2) is 7.28. The van der Waals surface area contributed by atoms with Crippen molar-refractivity contribution in [2.24, 2.45) is 0 Å². The number of carbonyl (C=O) groups is 2. The summed E-state index contributed by atoms with van der Waals surface area (Å²) in [6.07, 6.45) is 0. The number of thiazole rings is 1. The molecule has 0 unspecified atom stereocenters. The van der Waals surface area contributed by atoms with Crippen molar-refractivity contribution >= 4 is 39.1 Å². The van der Waals surface area contributed by atoms with E-state index < -0.39 is 0 Å². The summed E-state index contributed by atoms with van der Waals surface area (Å²) in [4.78, 5) is 28.2. The van der Waals surface area contributed by atoms with Crippen LogP contribution in [0.25, 0.3) is 22.4 Å². The van der Waals surface area contributed by atoms with Gasteiger partial charge < -0.3 is 9.15 Å². The van der Waals surface area contributed by atoms with Crippen molar-refractivity contribution in [2.45, 2.75) is 6.92 Å². The molecule has 4 rings (SSSR count). The smallest absolute Gasteiger partial charge is 0.257 e. The Hall–Kier alpha value is -3.45. The molecule has 7 heteroatoms. The molecule has 2 heterocycles. The van der Waals surface area contributed by atoms with Crippen molar-refractivity contribution in [1.29, 1.82) is 0 Å². The third-order valence-corrected chi connectivity index (χ3v) is 5.01. The number of hydrogen-bond donors (Lipinski definition) is 1. The van der Waals surface area contributed by atoms with E-state index in [2.05, 4.69) is 10.3 Å². The van der Waals surface area contributed by atoms with Gasteiger partial charge in [-0.2, -0.15) is 0 Å². The van der Waals surface area contributed by atoms with Gasteiger partial charge in [0.2, 0.25) is 0 Å². The number of furan rings is 1. The zero-order valence-corrected chi connectivity index (χ0v) is 16.0. The van der Waals surface area contributed by atoms with Crippen molar-refractivity contribution in [3.05, 3.63) is 65.0 Å². The molecule has 0 bridgehead atoms. The molecule has 0 aliphatic heterocycles. The van der Waals surface area contributed by atoms with Crippen LogP contribution in [0.4, 0.5) is 5.13 Å². The number of methoxy groups -OCH3 is 1. The van der Waals surface area contributed by atoms with Gasteiger partial charge >= 0.3 is 0 Å². The first-order valence-corrected chi connectivity index (χ1v) is 9.37. The van der Waals surface area contributed by atoms with Gasteiger partial charge in [0, 0.05) is 21.9 Å². The van der Waals surface area contributed by atoms with Gasteiger partial charge in [-0.05, 0) is 43.3 Å². The number of fused-ring (bicyclic) bond motifs is 1. The summed E-state index contributed by atoms with van der Waals surface area (Å²) in [6, 6.07) is 14.0. The number of hydrogen-bond acceptors (Lipinski definition) is 6. The van der Waals surface area contributed by atoms with E-state index in [0.717, 1.165) is 16.7 Å². The van der Waals surface area contributed by atoms with Crippen LogP contribution in [0, 0.1) is 0 Å². The van der Waals surface area contributed by atoms with Gasteiger partial charge in [-0.15, -0.1) is 11.3 Å². The molecular weight excluding hydrogens is 376 g/mol. The van der Waals surface area contributed by atoms with E-state index in [4.69, 9.17) is 9.15 Å². The van der Waals surface area contributed by atoms with Gasteiger partial charge in [0.1, 0.15) is 17.0 Å². The standard InChI is InChI=1S/C21H16N2O4S/c1-12(24)13-3-5-14(6-4-13)20(25)23-21-22-17(11-28-21)19-10-15-9-16(26-2)7-8-18(15)27-19/h3-11H,1-2H3,(H,22,23,25). The van der Waals surface area contributed by atoms with E-state index in [1.165, 1.54) is 18.3 Å². The number of aromatic nitrogens is 1. The summed E-state index contributed by atoms with van der Waals surface area (Å²) in [7, 11) is 1.62. The van der Waals surface area contributed by atoms with Crippen LogP contribution in [-0.4, -0.2) is 23.8 Å². The molecule has 0 radical (unpaired) electrons. The van der Waals surface area contributed by atoms with Crippen molar-refractivity contribution < 1.29 is 18.7 Å². The second-order valence-electron chi connectivity index (χ2n) is 6.14. The van der Waals surface area contributed by atoms with Crippen LogP contribution in [0.2, 0.25) is 0 Å². The molecule has 0 spiro atoms. The quantitative estimate of drug-likeness (QED) is 0.482. The Morgan fingerprint density at radius 3 is 2.54 bits per heavy atom. The van der Waals surface area contributed by atoms with Crippen LogP contribution in [0.3, 0.4) is 0 Å². The first-order chi connectivity index (χ1) is 13.5. The normalized spacial score (nSPS) is 10.8. The van der Waals surface area contributed by atoms with Crippen LogP contribution < -0.4 is 10.1 Å². The van der Waals surface area contributed by atoms with Crippen LogP contribution >= 0.6 is 11.3 Å². The molecule has 0 atom stereocenters. The Labute approximate surface area is 164 Å². The van der Waals surface area contributed by atoms with E-state index in [0.29, 0.717) is 27.7 Å². The Morgan fingerprint density at radius 1 is 1.07 bits per heavy atom. The van der Waals surface area contributed by atoms with Crippen molar-refractivity contribution in [2.75, 3.05) is 12.4 Å². The predicted octanol–water partition coefficient (Wildman–Crippen LogP) is 5.02. The highest BCUT2D eigenvalue weighted by Crippen LogP contribution is 2.32. The van der Waals surface area contributed by atoms with E-state index in [9.17, 15) is 9.59 Å². The minimum absolute atomic E-state index is 0.0417. The molecule has 1 N–H and O–H groups in total. The number of rotatable bonds is 5. The van der Waals surface area contributed by atoms with Gasteiger partial charge in [0.15, 0.2) is 16.7 Å². The van der Waals surface area contributed by atoms with Gasteiger partial charge in [0.05, 0.1) is 7.11 Å². The predicted molar refractivity (Wildman–Crippen MR) is 108 cm³/mol. The number of amides is 1. The Bertz CT molecular complexity index is 1170. The molecule has 0 fully saturated rings. The average Bonchev–Trinajstić information content (AvgIpc) is 3.33. The van der Waals surface area contributed by atoms with E-state index in [1.807, 2.05) is 29.6 Å². The summed E-state index contributed by atoms with van der Waals surface area (Å²) >= 11 is 1.31. The Balaban J connectivity index is 1.52. The summed E-state index contributed by atoms with van der Waals surface area (Å²) in [5.74, 6) is 1.04. The van der Waals surface area contributed by atoms with Crippen molar-refractivity contribution in [1.82, 2.24) is 4.98 Å². The summed E-state index contributed by atoms with van der Waals surface area (Å²) < 4.78 is 11.1. The fraction of sp³-hybridized carbons (Fsp3) is 0.0952. The Morgan fingerprint density at radius 2 is 1.82 bits per heavy atom. The van der Waals surface area contributed by atoms with Gasteiger partial charge in [-0.25, -0.2) is 4.98 Å². The number of benzene rings is 2. The van der Waals surface area contributed by atoms with Gasteiger partial charge in [-0.1, -0.05) is 12.1 Å². The molecule has 2 aromatic heterocycles. The van der Waals surface area contributed by atoms with Crippen molar-refractivity contribution in [3.63, 3.8) is 0 Å². The summed E-state index contributed by atoms with van der Waals surface area (Å²) in [5.41, 5.74) is 2.40. The number of ketones is 1. The van der Waals surface area contributed by atoms with E-state index in [-0.39, 0.29) is 11.7 Å². The van der Waals surface area contributed by atoms with Gasteiger partial charge in [-0.3, -0.25) is 14.9 Å². The molecule has 0 saturated carbocycles. The lowest BCUT2D eigenvalue weighted by Gasteiger charge is -2.02. The maximum Gasteiger partial charge on any atom is 0.257 e. The molecule has 2 aromatic carbocycles. The number of nitrogens with zero attached hydrogens (tertiary/aromatic N) is 1. The first-order valence-electron chi connectivity index (χ1n) is 8.49. The average molecular weight is 392 g/mol. The SMILES string of the molecule is COc1ccc2oc(-c3csc(NC(=O)c4ccc(C(C)=O)cc4)n3)cc2c1. The zero-order valence-electron chi connectivity index (χ0n) is 15.2. The minimum Gasteiger partial charge on any atom is -0.497 e. The molecular formula is C21H16N2O4S. The fourth-order valence-electron chi connectivity index (χ4n) is 2.74. The van der Waals surface area contributed by atoms with E-state index >= 15 is 0 Å². The van der Waals surface area contributed by atoms with Gasteiger partial charge in [0.25, 0.3) is 5.91 Å². The molecule has 6 nitrogen and oxygen atoms in total. The van der Waals surface area contributed by atoms with E-state index in [1.54, 1.807) is 31.4 Å². The summed E-state index contributed by atoms with van der Waals surface area (Å²) in [6.45, 7) is 1.49. The molecule has 140 valence electrons. The number of anilines is 1. The van der Waals surface area contributed by atoms with Crippen molar-refractivity contribution in [3.8, 4) is 17.2 Å². The number of carbonyl (C=O) groups excluding carboxylic acids is 2. The number of Topliss-reactive ketones (excluding diaryl/α,β-unsaturated/α-hetero) is 1. The third kappa shape index (κ3) is 3.52. The molecule has 28 heavy (non-hydrogen) atoms. The van der Waals surface area contributed by atoms with Crippen LogP contribution in [0.5, 0.6) is 5.75 Å². The lowest BCUT2D eigenvalue weighted by Crippen LogP contribution is -2.11. The fourth-order valence-corrected chi connectivity index (χ4v) is 3.44. The molecule has 1 amide bonds. The highest BCUT2D eigenvalue weighted by Gasteiger charge is 2.13. The Kier molecular flexibility index (Phi) is 4.67. The summed E-state index contributed by atoms with van der Waals surface area (Å²) in [5, 5.41) is 5.98. The maximum atomic E-state index is 12.4. The zero-order chi connectivity index (χ0) is 19.7. The molecule has 0 saturated heterocycles. The first kappa shape index (κ1) is 17.9. The maximum absolute atomic E-state index is 12.4. The molecule has 0 aliphatic carbocycles. The monoisotopic (exact) mass is 392 g/mol. The highest BCUT2D eigenvalue weighted by molar-refractivity contribution is 7.14. The topological polar surface area (TPSA) is 81.4 Å². The lowest BCUT2D eigenvalue weighted by atomic mass is 10.1. The van der Waals surface area contributed by atoms with Crippen LogP contribution in [0.15, 0.2) is 58.3 Å². The second-order valence-corrected chi connectivity index (χ2v) is 7.00. The molecule has 4 aromatic rings. The highest BCUT2D eigenvalue weighted by atomic mass is 32.1. The minimum atomic E-state index is -0.287. The van der Waals surface area contributed by atoms with Crippen LogP contribution in [-0.2, 0) is 0 Å².